The van der Waals surface area contributed by atoms with Crippen molar-refractivity contribution in [1.82, 2.24) is 0 Å². The van der Waals surface area contributed by atoms with Crippen LogP contribution >= 0.6 is 0 Å². The van der Waals surface area contributed by atoms with Crippen LogP contribution in [0.3, 0.4) is 0 Å². The molecule has 172 valence electrons. The van der Waals surface area contributed by atoms with E-state index in [1.807, 2.05) is 36.4 Å². The first kappa shape index (κ1) is 24.3. The Balaban J connectivity index is 0.000000302. The van der Waals surface area contributed by atoms with Crippen molar-refractivity contribution in [3.63, 3.8) is 0 Å². The van der Waals surface area contributed by atoms with Gasteiger partial charge in [0.15, 0.2) is 0 Å². The Labute approximate surface area is 201 Å². The average Bonchev–Trinajstić information content (AvgIpc) is 3.16. The van der Waals surface area contributed by atoms with E-state index in [-0.39, 0.29) is 5.91 Å². The van der Waals surface area contributed by atoms with Crippen molar-refractivity contribution < 1.29 is 4.79 Å². The molecule has 0 bridgehead atoms. The fourth-order valence-corrected chi connectivity index (χ4v) is 3.54. The molecule has 6 heteroatoms. The molecule has 3 aromatic rings. The van der Waals surface area contributed by atoms with Crippen LogP contribution < -0.4 is 16.1 Å². The van der Waals surface area contributed by atoms with Crippen LogP contribution in [-0.4, -0.2) is 11.6 Å². The van der Waals surface area contributed by atoms with E-state index in [1.165, 1.54) is 16.1 Å². The Morgan fingerprint density at radius 1 is 1.00 bits per heavy atom. The predicted octanol–water partition coefficient (Wildman–Crippen LogP) is 5.67. The molecule has 1 amide bonds. The van der Waals surface area contributed by atoms with E-state index in [0.717, 1.165) is 24.2 Å². The van der Waals surface area contributed by atoms with E-state index >= 15 is 0 Å². The molecule has 0 spiro atoms. The first-order valence-corrected chi connectivity index (χ1v) is 11.3. The van der Waals surface area contributed by atoms with Gasteiger partial charge in [0.05, 0.1) is 28.6 Å². The van der Waals surface area contributed by atoms with E-state index in [4.69, 9.17) is 11.0 Å². The van der Waals surface area contributed by atoms with E-state index < -0.39 is 0 Å². The van der Waals surface area contributed by atoms with E-state index in [2.05, 4.69) is 42.5 Å². The second-order valence-corrected chi connectivity index (χ2v) is 7.73. The maximum atomic E-state index is 12.7. The molecule has 0 saturated heterocycles. The number of nitrogens with two attached hydrogens (primary N) is 1. The Morgan fingerprint density at radius 2 is 1.68 bits per heavy atom. The standard InChI is InChI=1S/C20H18N4O.C8H11N/c1-3-16-8-4-5-10-19(16)22-13-18-14(2)23-24(20(18)25)17-9-6-7-15(11-17)12-21;1-2-7-5-3-4-6-8(7)9/h4-11,13,22H,3H2,1-2H3;3-6H,2,9H2,1H3. The summed E-state index contributed by atoms with van der Waals surface area (Å²) in [6.45, 7) is 5.99. The largest absolute Gasteiger partial charge is 0.399 e. The van der Waals surface area contributed by atoms with Crippen LogP contribution in [0.1, 0.15) is 37.5 Å². The van der Waals surface area contributed by atoms with Crippen LogP contribution in [0.25, 0.3) is 0 Å². The number of aryl methyl sites for hydroxylation is 2. The number of benzene rings is 3. The summed E-state index contributed by atoms with van der Waals surface area (Å²) < 4.78 is 0. The van der Waals surface area contributed by atoms with Crippen molar-refractivity contribution >= 4 is 28.7 Å². The molecule has 1 aliphatic heterocycles. The number of hydrazone groups is 1. The lowest BCUT2D eigenvalue weighted by molar-refractivity contribution is -0.114. The minimum absolute atomic E-state index is 0.214. The van der Waals surface area contributed by atoms with Gasteiger partial charge in [0, 0.05) is 17.6 Å². The molecular weight excluding hydrogens is 422 g/mol. The number of carbonyl (C=O) groups is 1. The number of anilines is 3. The first-order valence-electron chi connectivity index (χ1n) is 11.3. The highest BCUT2D eigenvalue weighted by Gasteiger charge is 2.28. The first-order chi connectivity index (χ1) is 16.5. The zero-order valence-corrected chi connectivity index (χ0v) is 19.7. The third-order valence-electron chi connectivity index (χ3n) is 5.49. The second-order valence-electron chi connectivity index (χ2n) is 7.73. The van der Waals surface area contributed by atoms with Crippen molar-refractivity contribution in [2.24, 2.45) is 5.10 Å². The number of nitrogen functional groups attached to an aromatic ring is 1. The lowest BCUT2D eigenvalue weighted by atomic mass is 10.1. The van der Waals surface area contributed by atoms with Crippen LogP contribution in [0.4, 0.5) is 17.1 Å². The van der Waals surface area contributed by atoms with Crippen molar-refractivity contribution in [3.8, 4) is 6.07 Å². The summed E-state index contributed by atoms with van der Waals surface area (Å²) in [6, 6.07) is 24.8. The van der Waals surface area contributed by atoms with Gasteiger partial charge in [-0.1, -0.05) is 56.3 Å². The fourth-order valence-electron chi connectivity index (χ4n) is 3.54. The molecule has 0 radical (unpaired) electrons. The number of amides is 1. The molecule has 34 heavy (non-hydrogen) atoms. The monoisotopic (exact) mass is 451 g/mol. The summed E-state index contributed by atoms with van der Waals surface area (Å²) in [4.78, 5) is 12.7. The predicted molar refractivity (Wildman–Crippen MR) is 140 cm³/mol. The van der Waals surface area contributed by atoms with Gasteiger partial charge in [-0.05, 0) is 61.2 Å². The summed E-state index contributed by atoms with van der Waals surface area (Å²) in [5.41, 5.74) is 12.1. The highest BCUT2D eigenvalue weighted by Crippen LogP contribution is 2.25. The molecule has 0 fully saturated rings. The highest BCUT2D eigenvalue weighted by atomic mass is 16.2. The summed E-state index contributed by atoms with van der Waals surface area (Å²) >= 11 is 0. The number of para-hydroxylation sites is 2. The molecule has 6 nitrogen and oxygen atoms in total. The van der Waals surface area contributed by atoms with E-state index in [0.29, 0.717) is 22.5 Å². The number of nitriles is 1. The lowest BCUT2D eigenvalue weighted by Crippen LogP contribution is -2.21. The molecule has 1 aliphatic rings. The number of nitrogens with one attached hydrogen (secondary N) is 1. The van der Waals surface area contributed by atoms with Crippen LogP contribution in [0.2, 0.25) is 0 Å². The molecule has 4 rings (SSSR count). The topological polar surface area (TPSA) is 94.5 Å². The number of carbonyl (C=O) groups excluding carboxylic acids is 1. The minimum atomic E-state index is -0.214. The van der Waals surface area contributed by atoms with Gasteiger partial charge in [0.25, 0.3) is 5.91 Å². The molecule has 0 atom stereocenters. The van der Waals surface area contributed by atoms with Gasteiger partial charge in [-0.2, -0.15) is 15.4 Å². The van der Waals surface area contributed by atoms with Gasteiger partial charge >= 0.3 is 0 Å². The van der Waals surface area contributed by atoms with Crippen LogP contribution in [0, 0.1) is 11.3 Å². The van der Waals surface area contributed by atoms with Gasteiger partial charge in [0.1, 0.15) is 0 Å². The van der Waals surface area contributed by atoms with Gasteiger partial charge in [-0.3, -0.25) is 4.79 Å². The lowest BCUT2D eigenvalue weighted by Gasteiger charge is -2.12. The summed E-state index contributed by atoms with van der Waals surface area (Å²) in [7, 11) is 0. The van der Waals surface area contributed by atoms with Crippen LogP contribution in [-0.2, 0) is 17.6 Å². The van der Waals surface area contributed by atoms with E-state index in [1.54, 1.807) is 37.4 Å². The Kier molecular flexibility index (Phi) is 8.20. The Bertz CT molecular complexity index is 1270. The molecule has 0 aromatic heterocycles. The quantitative estimate of drug-likeness (QED) is 0.386. The minimum Gasteiger partial charge on any atom is -0.399 e. The van der Waals surface area contributed by atoms with Gasteiger partial charge in [-0.25, -0.2) is 0 Å². The molecule has 0 aliphatic carbocycles. The summed E-state index contributed by atoms with van der Waals surface area (Å²) in [6.07, 6.45) is 3.62. The van der Waals surface area contributed by atoms with E-state index in [9.17, 15) is 4.79 Å². The second kappa shape index (κ2) is 11.5. The normalized spacial score (nSPS) is 13.7. The number of hydrogen-bond acceptors (Lipinski definition) is 5. The summed E-state index contributed by atoms with van der Waals surface area (Å²) in [5.74, 6) is -0.214. The number of rotatable bonds is 5. The molecule has 3 N–H and O–H groups in total. The van der Waals surface area contributed by atoms with Gasteiger partial charge in [0.2, 0.25) is 0 Å². The average molecular weight is 452 g/mol. The molecule has 3 aromatic carbocycles. The van der Waals surface area contributed by atoms with Crippen molar-refractivity contribution in [1.29, 1.82) is 5.26 Å². The maximum Gasteiger partial charge on any atom is 0.282 e. The Hall–Kier alpha value is -4.37. The molecular formula is C28H29N5O. The fraction of sp³-hybridized carbons (Fsp3) is 0.179. The maximum absolute atomic E-state index is 12.7. The highest BCUT2D eigenvalue weighted by molar-refractivity contribution is 6.29. The van der Waals surface area contributed by atoms with Crippen LogP contribution in [0.15, 0.2) is 89.7 Å². The molecule has 1 heterocycles. The summed E-state index contributed by atoms with van der Waals surface area (Å²) in [5, 5.41) is 17.9. The third-order valence-corrected chi connectivity index (χ3v) is 5.49. The smallest absolute Gasteiger partial charge is 0.282 e. The van der Waals surface area contributed by atoms with Crippen molar-refractivity contribution in [3.05, 3.63) is 101 Å². The molecule has 0 saturated carbocycles. The van der Waals surface area contributed by atoms with Crippen LogP contribution in [0.5, 0.6) is 0 Å². The number of hydrogen-bond donors (Lipinski definition) is 2. The Morgan fingerprint density at radius 3 is 2.32 bits per heavy atom. The zero-order valence-electron chi connectivity index (χ0n) is 19.7. The van der Waals surface area contributed by atoms with Crippen molar-refractivity contribution in [2.75, 3.05) is 16.1 Å². The zero-order chi connectivity index (χ0) is 24.5. The van der Waals surface area contributed by atoms with Gasteiger partial charge in [-0.15, -0.1) is 0 Å². The SMILES string of the molecule is CCc1ccccc1N.CCc1ccccc1NC=C1C(=O)N(c2cccc(C#N)c2)N=C1C. The molecule has 0 unspecified atom stereocenters. The third kappa shape index (κ3) is 5.70. The van der Waals surface area contributed by atoms with Gasteiger partial charge < -0.3 is 11.1 Å². The van der Waals surface area contributed by atoms with Crippen molar-refractivity contribution in [2.45, 2.75) is 33.6 Å². The number of nitrogens with zero attached hydrogens (tertiary/aromatic N) is 3.